The van der Waals surface area contributed by atoms with E-state index in [1.165, 1.54) is 19.4 Å². The van der Waals surface area contributed by atoms with Crippen LogP contribution in [0.4, 0.5) is 5.95 Å². The van der Waals surface area contributed by atoms with E-state index in [4.69, 9.17) is 4.74 Å². The van der Waals surface area contributed by atoms with Gasteiger partial charge in [-0.2, -0.15) is 0 Å². The molecule has 5 nitrogen and oxygen atoms in total. The number of aryl methyl sites for hydroxylation is 2. The van der Waals surface area contributed by atoms with E-state index >= 15 is 0 Å². The molecule has 3 heterocycles. The van der Waals surface area contributed by atoms with E-state index in [9.17, 15) is 0 Å². The van der Waals surface area contributed by atoms with Crippen molar-refractivity contribution in [2.24, 2.45) is 0 Å². The molecule has 0 radical (unpaired) electrons. The predicted molar refractivity (Wildman–Crippen MR) is 74.3 cm³/mol. The Kier molecular flexibility index (Phi) is 3.66. The number of rotatable bonds is 3. The number of hydrogen-bond donors (Lipinski definition) is 1. The van der Waals surface area contributed by atoms with Crippen molar-refractivity contribution in [3.63, 3.8) is 0 Å². The molecule has 0 saturated carbocycles. The summed E-state index contributed by atoms with van der Waals surface area (Å²) in [6.07, 6.45) is 2.85. The molecule has 19 heavy (non-hydrogen) atoms. The number of morpholine rings is 1. The zero-order chi connectivity index (χ0) is 13.2. The lowest BCUT2D eigenvalue weighted by Gasteiger charge is -2.35. The summed E-state index contributed by atoms with van der Waals surface area (Å²) in [4.78, 5) is 11.3. The van der Waals surface area contributed by atoms with E-state index in [0.29, 0.717) is 12.0 Å². The molecule has 1 aromatic heterocycles. The summed E-state index contributed by atoms with van der Waals surface area (Å²) in [6, 6.07) is 2.64. The van der Waals surface area contributed by atoms with E-state index in [1.54, 1.807) is 0 Å². The SMILES string of the molecule is Cc1cc(C)nc(NCC2CN3CCCC3CO2)n1. The van der Waals surface area contributed by atoms with Crippen molar-refractivity contribution < 1.29 is 4.74 Å². The highest BCUT2D eigenvalue weighted by Crippen LogP contribution is 2.22. The molecule has 0 bridgehead atoms. The van der Waals surface area contributed by atoms with Crippen LogP contribution >= 0.6 is 0 Å². The van der Waals surface area contributed by atoms with Gasteiger partial charge < -0.3 is 10.1 Å². The van der Waals surface area contributed by atoms with Gasteiger partial charge in [-0.1, -0.05) is 0 Å². The summed E-state index contributed by atoms with van der Waals surface area (Å²) < 4.78 is 5.91. The first kappa shape index (κ1) is 12.8. The third-order valence-electron chi connectivity index (χ3n) is 3.93. The van der Waals surface area contributed by atoms with Crippen molar-refractivity contribution in [1.82, 2.24) is 14.9 Å². The van der Waals surface area contributed by atoms with Crippen molar-refractivity contribution in [2.45, 2.75) is 38.8 Å². The summed E-state index contributed by atoms with van der Waals surface area (Å²) in [5, 5.41) is 3.30. The number of anilines is 1. The highest BCUT2D eigenvalue weighted by molar-refractivity contribution is 5.27. The van der Waals surface area contributed by atoms with Crippen LogP contribution in [0.3, 0.4) is 0 Å². The van der Waals surface area contributed by atoms with Crippen LogP contribution in [-0.2, 0) is 4.74 Å². The van der Waals surface area contributed by atoms with Crippen LogP contribution in [0.5, 0.6) is 0 Å². The van der Waals surface area contributed by atoms with Gasteiger partial charge >= 0.3 is 0 Å². The largest absolute Gasteiger partial charge is 0.373 e. The first-order valence-corrected chi connectivity index (χ1v) is 7.12. The predicted octanol–water partition coefficient (Wildman–Crippen LogP) is 1.37. The van der Waals surface area contributed by atoms with Gasteiger partial charge in [0.05, 0.1) is 12.7 Å². The molecule has 0 amide bonds. The Labute approximate surface area is 114 Å². The van der Waals surface area contributed by atoms with Gasteiger partial charge in [0.15, 0.2) is 0 Å². The van der Waals surface area contributed by atoms with Gasteiger partial charge in [0.25, 0.3) is 0 Å². The summed E-state index contributed by atoms with van der Waals surface area (Å²) >= 11 is 0. The lowest BCUT2D eigenvalue weighted by Crippen LogP contribution is -2.48. The van der Waals surface area contributed by atoms with E-state index in [0.717, 1.165) is 31.1 Å². The maximum absolute atomic E-state index is 5.91. The summed E-state index contributed by atoms with van der Waals surface area (Å²) in [6.45, 7) is 7.90. The molecule has 2 saturated heterocycles. The van der Waals surface area contributed by atoms with E-state index < -0.39 is 0 Å². The first-order chi connectivity index (χ1) is 9.20. The van der Waals surface area contributed by atoms with Crippen LogP contribution in [0.1, 0.15) is 24.2 Å². The van der Waals surface area contributed by atoms with Crippen LogP contribution in [0, 0.1) is 13.8 Å². The Bertz CT molecular complexity index is 431. The van der Waals surface area contributed by atoms with Crippen molar-refractivity contribution in [2.75, 3.05) is 31.6 Å². The van der Waals surface area contributed by atoms with Crippen LogP contribution in [-0.4, -0.2) is 53.3 Å². The molecular formula is C14H22N4O. The molecule has 2 unspecified atom stereocenters. The second-order valence-electron chi connectivity index (χ2n) is 5.60. The Hall–Kier alpha value is -1.20. The van der Waals surface area contributed by atoms with Gasteiger partial charge in [0, 0.05) is 30.5 Å². The number of hydrogen-bond acceptors (Lipinski definition) is 5. The molecule has 3 rings (SSSR count). The molecule has 0 aliphatic carbocycles. The number of aromatic nitrogens is 2. The Morgan fingerprint density at radius 3 is 2.95 bits per heavy atom. The van der Waals surface area contributed by atoms with Gasteiger partial charge in [0.1, 0.15) is 0 Å². The Morgan fingerprint density at radius 2 is 2.16 bits per heavy atom. The summed E-state index contributed by atoms with van der Waals surface area (Å²) in [5.41, 5.74) is 2.00. The van der Waals surface area contributed by atoms with E-state index in [-0.39, 0.29) is 6.10 Å². The molecule has 1 aromatic rings. The first-order valence-electron chi connectivity index (χ1n) is 7.12. The van der Waals surface area contributed by atoms with E-state index in [2.05, 4.69) is 20.2 Å². The van der Waals surface area contributed by atoms with Crippen LogP contribution in [0.25, 0.3) is 0 Å². The number of ether oxygens (including phenoxy) is 1. The average molecular weight is 262 g/mol. The van der Waals surface area contributed by atoms with Gasteiger partial charge in [-0.05, 0) is 39.3 Å². The zero-order valence-electron chi connectivity index (χ0n) is 11.7. The zero-order valence-corrected chi connectivity index (χ0v) is 11.7. The number of nitrogens with zero attached hydrogens (tertiary/aromatic N) is 3. The lowest BCUT2D eigenvalue weighted by atomic mass is 10.2. The fourth-order valence-corrected chi connectivity index (χ4v) is 3.02. The minimum atomic E-state index is 0.249. The Balaban J connectivity index is 1.54. The van der Waals surface area contributed by atoms with Crippen molar-refractivity contribution >= 4 is 5.95 Å². The molecule has 2 atom stereocenters. The van der Waals surface area contributed by atoms with Crippen LogP contribution in [0.15, 0.2) is 6.07 Å². The number of nitrogens with one attached hydrogen (secondary N) is 1. The molecule has 0 spiro atoms. The maximum atomic E-state index is 5.91. The molecule has 0 aromatic carbocycles. The topological polar surface area (TPSA) is 50.3 Å². The third-order valence-corrected chi connectivity index (χ3v) is 3.93. The van der Waals surface area contributed by atoms with Crippen molar-refractivity contribution in [3.05, 3.63) is 17.5 Å². The molecular weight excluding hydrogens is 240 g/mol. The highest BCUT2D eigenvalue weighted by atomic mass is 16.5. The smallest absolute Gasteiger partial charge is 0.223 e. The second kappa shape index (κ2) is 5.43. The molecule has 104 valence electrons. The minimum Gasteiger partial charge on any atom is -0.373 e. The third kappa shape index (κ3) is 3.04. The lowest BCUT2D eigenvalue weighted by molar-refractivity contribution is -0.0416. The van der Waals surface area contributed by atoms with Crippen molar-refractivity contribution in [1.29, 1.82) is 0 Å². The van der Waals surface area contributed by atoms with Gasteiger partial charge in [-0.25, -0.2) is 9.97 Å². The number of fused-ring (bicyclic) bond motifs is 1. The Morgan fingerprint density at radius 1 is 1.37 bits per heavy atom. The molecule has 2 aliphatic heterocycles. The fraction of sp³-hybridized carbons (Fsp3) is 0.714. The quantitative estimate of drug-likeness (QED) is 0.891. The molecule has 1 N–H and O–H groups in total. The summed E-state index contributed by atoms with van der Waals surface area (Å²) in [5.74, 6) is 0.713. The van der Waals surface area contributed by atoms with E-state index in [1.807, 2.05) is 19.9 Å². The summed E-state index contributed by atoms with van der Waals surface area (Å²) in [7, 11) is 0. The molecule has 2 aliphatic rings. The van der Waals surface area contributed by atoms with Gasteiger partial charge in [-0.15, -0.1) is 0 Å². The van der Waals surface area contributed by atoms with Gasteiger partial charge in [-0.3, -0.25) is 4.90 Å². The van der Waals surface area contributed by atoms with Gasteiger partial charge in [0.2, 0.25) is 5.95 Å². The second-order valence-corrected chi connectivity index (χ2v) is 5.60. The van der Waals surface area contributed by atoms with Crippen LogP contribution in [0.2, 0.25) is 0 Å². The normalized spacial score (nSPS) is 27.3. The molecule has 2 fully saturated rings. The van der Waals surface area contributed by atoms with Crippen molar-refractivity contribution in [3.8, 4) is 0 Å². The monoisotopic (exact) mass is 262 g/mol. The average Bonchev–Trinajstić information content (AvgIpc) is 2.82. The maximum Gasteiger partial charge on any atom is 0.223 e. The fourth-order valence-electron chi connectivity index (χ4n) is 3.02. The standard InChI is InChI=1S/C14H22N4O/c1-10-6-11(2)17-14(16-10)15-7-13-8-18-5-3-4-12(18)9-19-13/h6,12-13H,3-5,7-9H2,1-2H3,(H,15,16,17). The minimum absolute atomic E-state index is 0.249. The highest BCUT2D eigenvalue weighted by Gasteiger charge is 2.31. The molecule has 5 heteroatoms. The van der Waals surface area contributed by atoms with Crippen LogP contribution < -0.4 is 5.32 Å².